The number of hydrogen-bond donors (Lipinski definition) is 1. The van der Waals surface area contributed by atoms with Crippen LogP contribution in [0.3, 0.4) is 0 Å². The summed E-state index contributed by atoms with van der Waals surface area (Å²) < 4.78 is 37.2. The number of halogens is 1. The normalized spacial score (nSPS) is 11.6. The molecule has 0 radical (unpaired) electrons. The van der Waals surface area contributed by atoms with Crippen LogP contribution in [0.4, 0.5) is 5.88 Å². The van der Waals surface area contributed by atoms with Crippen molar-refractivity contribution in [2.24, 2.45) is 0 Å². The zero-order valence-electron chi connectivity index (χ0n) is 12.1. The summed E-state index contributed by atoms with van der Waals surface area (Å²) in [6.45, 7) is 2.33. The largest absolute Gasteiger partial charge is 0.459 e. The smallest absolute Gasteiger partial charge is 0.266 e. The number of anilines is 1. The molecule has 8 heteroatoms. The van der Waals surface area contributed by atoms with Crippen molar-refractivity contribution in [3.05, 3.63) is 47.1 Å². The summed E-state index contributed by atoms with van der Waals surface area (Å²) in [6.07, 6.45) is 1.47. The van der Waals surface area contributed by atoms with Gasteiger partial charge in [-0.25, -0.2) is 8.42 Å². The number of rotatable bonds is 5. The standard InChI is InChI=1S/C15H13BrN2O4S/c1-2-17-14-15(18-13(22-14)12-4-3-9-21-12)23(19,20)11-7-5-10(16)6-8-11/h3-9,17H,2H2,1H3. The molecule has 2 aromatic heterocycles. The van der Waals surface area contributed by atoms with E-state index >= 15 is 0 Å². The summed E-state index contributed by atoms with van der Waals surface area (Å²) in [6, 6.07) is 9.67. The van der Waals surface area contributed by atoms with E-state index in [9.17, 15) is 8.42 Å². The monoisotopic (exact) mass is 396 g/mol. The lowest BCUT2D eigenvalue weighted by Crippen LogP contribution is -2.07. The number of nitrogens with zero attached hydrogens (tertiary/aromatic N) is 1. The van der Waals surface area contributed by atoms with Gasteiger partial charge in [0.2, 0.25) is 20.7 Å². The van der Waals surface area contributed by atoms with Crippen molar-refractivity contribution in [2.45, 2.75) is 16.8 Å². The molecular weight excluding hydrogens is 384 g/mol. The summed E-state index contributed by atoms with van der Waals surface area (Å²) in [4.78, 5) is 4.26. The molecule has 1 N–H and O–H groups in total. The Morgan fingerprint density at radius 3 is 2.57 bits per heavy atom. The minimum Gasteiger partial charge on any atom is -0.459 e. The third-order valence-corrected chi connectivity index (χ3v) is 5.25. The molecule has 0 unspecified atom stereocenters. The van der Waals surface area contributed by atoms with Gasteiger partial charge in [0.25, 0.3) is 5.89 Å². The fourth-order valence-corrected chi connectivity index (χ4v) is 3.53. The molecule has 1 aromatic carbocycles. The fraction of sp³-hybridized carbons (Fsp3) is 0.133. The van der Waals surface area contributed by atoms with Crippen LogP contribution in [-0.2, 0) is 9.84 Å². The van der Waals surface area contributed by atoms with E-state index in [1.807, 2.05) is 6.92 Å². The van der Waals surface area contributed by atoms with Crippen LogP contribution in [0.2, 0.25) is 0 Å². The first-order chi connectivity index (χ1) is 11.0. The van der Waals surface area contributed by atoms with Crippen LogP contribution in [-0.4, -0.2) is 19.9 Å². The van der Waals surface area contributed by atoms with Crippen molar-refractivity contribution in [3.63, 3.8) is 0 Å². The predicted octanol–water partition coefficient (Wildman–Crippen LogP) is 3.96. The molecule has 0 aliphatic heterocycles. The minimum atomic E-state index is -3.81. The Labute approximate surface area is 141 Å². The zero-order valence-corrected chi connectivity index (χ0v) is 14.5. The third-order valence-electron chi connectivity index (χ3n) is 3.04. The molecule has 0 amide bonds. The van der Waals surface area contributed by atoms with Gasteiger partial charge < -0.3 is 14.2 Å². The Morgan fingerprint density at radius 1 is 1.22 bits per heavy atom. The molecule has 0 saturated heterocycles. The van der Waals surface area contributed by atoms with E-state index < -0.39 is 9.84 Å². The van der Waals surface area contributed by atoms with E-state index in [-0.39, 0.29) is 21.7 Å². The van der Waals surface area contributed by atoms with Gasteiger partial charge in [-0.1, -0.05) is 15.9 Å². The molecule has 0 saturated carbocycles. The van der Waals surface area contributed by atoms with Crippen LogP contribution in [0.25, 0.3) is 11.7 Å². The van der Waals surface area contributed by atoms with Crippen LogP contribution in [0.5, 0.6) is 0 Å². The van der Waals surface area contributed by atoms with E-state index in [0.717, 1.165) is 4.47 Å². The van der Waals surface area contributed by atoms with Crippen molar-refractivity contribution in [3.8, 4) is 11.7 Å². The number of furan rings is 1. The molecule has 6 nitrogen and oxygen atoms in total. The highest BCUT2D eigenvalue weighted by Crippen LogP contribution is 2.32. The Kier molecular flexibility index (Phi) is 4.27. The van der Waals surface area contributed by atoms with Crippen LogP contribution >= 0.6 is 15.9 Å². The maximum atomic E-state index is 12.8. The molecule has 0 aliphatic rings. The molecule has 0 bridgehead atoms. The van der Waals surface area contributed by atoms with Gasteiger partial charge in [0.15, 0.2) is 5.76 Å². The summed E-state index contributed by atoms with van der Waals surface area (Å²) in [5, 5.41) is 2.73. The number of benzene rings is 1. The summed E-state index contributed by atoms with van der Waals surface area (Å²) >= 11 is 3.28. The lowest BCUT2D eigenvalue weighted by atomic mass is 10.4. The highest BCUT2D eigenvalue weighted by molar-refractivity contribution is 9.10. The molecule has 2 heterocycles. The topological polar surface area (TPSA) is 85.3 Å². The molecule has 120 valence electrons. The quantitative estimate of drug-likeness (QED) is 0.702. The first-order valence-electron chi connectivity index (χ1n) is 6.81. The highest BCUT2D eigenvalue weighted by atomic mass is 79.9. The highest BCUT2D eigenvalue weighted by Gasteiger charge is 2.28. The number of oxazole rings is 1. The predicted molar refractivity (Wildman–Crippen MR) is 88.0 cm³/mol. The van der Waals surface area contributed by atoms with E-state index in [1.165, 1.54) is 18.4 Å². The van der Waals surface area contributed by atoms with Crippen LogP contribution < -0.4 is 5.32 Å². The first-order valence-corrected chi connectivity index (χ1v) is 9.09. The van der Waals surface area contributed by atoms with Crippen LogP contribution in [0.15, 0.2) is 65.9 Å². The summed E-state index contributed by atoms with van der Waals surface area (Å²) in [7, 11) is -3.81. The molecule has 3 aromatic rings. The molecule has 0 fully saturated rings. The van der Waals surface area contributed by atoms with Crippen LogP contribution in [0, 0.1) is 0 Å². The van der Waals surface area contributed by atoms with Gasteiger partial charge in [-0.15, -0.1) is 0 Å². The van der Waals surface area contributed by atoms with Crippen molar-refractivity contribution in [1.29, 1.82) is 0 Å². The van der Waals surface area contributed by atoms with Crippen molar-refractivity contribution < 1.29 is 17.3 Å². The first kappa shape index (κ1) is 15.8. The van der Waals surface area contributed by atoms with E-state index in [0.29, 0.717) is 12.3 Å². The summed E-state index contributed by atoms with van der Waals surface area (Å²) in [5.74, 6) is 0.574. The van der Waals surface area contributed by atoms with Gasteiger partial charge in [0.1, 0.15) is 0 Å². The Bertz CT molecular complexity index is 900. The lowest BCUT2D eigenvalue weighted by molar-refractivity contribution is 0.523. The van der Waals surface area contributed by atoms with Gasteiger partial charge in [-0.05, 0) is 43.3 Å². The second-order valence-electron chi connectivity index (χ2n) is 4.62. The van der Waals surface area contributed by atoms with Crippen molar-refractivity contribution >= 4 is 31.7 Å². The van der Waals surface area contributed by atoms with Gasteiger partial charge in [-0.3, -0.25) is 0 Å². The average molecular weight is 397 g/mol. The minimum absolute atomic E-state index is 0.0989. The second kappa shape index (κ2) is 6.21. The number of aromatic nitrogens is 1. The van der Waals surface area contributed by atoms with Gasteiger partial charge in [0.05, 0.1) is 11.2 Å². The molecule has 23 heavy (non-hydrogen) atoms. The SMILES string of the molecule is CCNc1oc(-c2ccco2)nc1S(=O)(=O)c1ccc(Br)cc1. The van der Waals surface area contributed by atoms with Crippen molar-refractivity contribution in [1.82, 2.24) is 4.98 Å². The van der Waals surface area contributed by atoms with Gasteiger partial charge >= 0.3 is 0 Å². The molecule has 0 spiro atoms. The van der Waals surface area contributed by atoms with Crippen LogP contribution in [0.1, 0.15) is 6.92 Å². The van der Waals surface area contributed by atoms with E-state index in [2.05, 4.69) is 26.2 Å². The number of nitrogens with one attached hydrogen (secondary N) is 1. The third kappa shape index (κ3) is 3.04. The Morgan fingerprint density at radius 2 is 1.96 bits per heavy atom. The second-order valence-corrected chi connectivity index (χ2v) is 7.40. The lowest BCUT2D eigenvalue weighted by Gasteiger charge is -2.04. The van der Waals surface area contributed by atoms with E-state index in [4.69, 9.17) is 8.83 Å². The van der Waals surface area contributed by atoms with Gasteiger partial charge in [0, 0.05) is 11.0 Å². The van der Waals surface area contributed by atoms with E-state index in [1.54, 1.807) is 24.3 Å². The number of sulfone groups is 1. The molecule has 3 rings (SSSR count). The fourth-order valence-electron chi connectivity index (χ4n) is 1.99. The summed E-state index contributed by atoms with van der Waals surface area (Å²) in [5.41, 5.74) is 0. The van der Waals surface area contributed by atoms with Gasteiger partial charge in [-0.2, -0.15) is 4.98 Å². The Balaban J connectivity index is 2.12. The zero-order chi connectivity index (χ0) is 16.4. The average Bonchev–Trinajstić information content (AvgIpc) is 3.17. The van der Waals surface area contributed by atoms with Crippen molar-refractivity contribution in [2.75, 3.05) is 11.9 Å². The molecule has 0 atom stereocenters. The Hall–Kier alpha value is -2.06. The maximum Gasteiger partial charge on any atom is 0.266 e. The number of hydrogen-bond acceptors (Lipinski definition) is 6. The maximum absolute atomic E-state index is 12.8. The molecule has 0 aliphatic carbocycles. The molecular formula is C15H13BrN2O4S.